The molecule has 1 nitrogen and oxygen atoms in total. The molecule has 0 saturated carbocycles. The van der Waals surface area contributed by atoms with Crippen LogP contribution in [-0.2, 0) is 10.8 Å². The topological polar surface area (TPSA) is 3.24 Å². The lowest BCUT2D eigenvalue weighted by Gasteiger charge is -2.29. The van der Waals surface area contributed by atoms with E-state index in [-0.39, 0.29) is 10.8 Å². The summed E-state index contributed by atoms with van der Waals surface area (Å²) in [6.07, 6.45) is 0. The first-order valence-electron chi connectivity index (χ1n) is 18.8. The minimum Gasteiger partial charge on any atom is -0.310 e. The third-order valence-electron chi connectivity index (χ3n) is 12.0. The molecule has 0 amide bonds. The van der Waals surface area contributed by atoms with Gasteiger partial charge in [-0.15, -0.1) is 0 Å². The van der Waals surface area contributed by atoms with Gasteiger partial charge in [-0.3, -0.25) is 0 Å². The van der Waals surface area contributed by atoms with Crippen LogP contribution in [0.2, 0.25) is 0 Å². The highest BCUT2D eigenvalue weighted by molar-refractivity contribution is 5.95. The number of benzene rings is 8. The highest BCUT2D eigenvalue weighted by atomic mass is 15.1. The van der Waals surface area contributed by atoms with Crippen LogP contribution in [0.5, 0.6) is 0 Å². The number of hydrogen-bond donors (Lipinski definition) is 0. The summed E-state index contributed by atoms with van der Waals surface area (Å²) < 4.78 is 0. The van der Waals surface area contributed by atoms with E-state index >= 15 is 0 Å². The molecular formula is C52H41N. The lowest BCUT2D eigenvalue weighted by Crippen LogP contribution is -2.17. The van der Waals surface area contributed by atoms with Crippen molar-refractivity contribution in [1.82, 2.24) is 0 Å². The van der Waals surface area contributed by atoms with Crippen molar-refractivity contribution in [1.29, 1.82) is 0 Å². The summed E-state index contributed by atoms with van der Waals surface area (Å²) in [5.41, 5.74) is 19.0. The molecule has 2 aliphatic rings. The molecule has 1 heteroatoms. The Labute approximate surface area is 312 Å². The van der Waals surface area contributed by atoms with Crippen LogP contribution in [0, 0.1) is 0 Å². The molecule has 0 radical (unpaired) electrons. The van der Waals surface area contributed by atoms with Crippen LogP contribution in [0.1, 0.15) is 49.9 Å². The van der Waals surface area contributed by atoms with Crippen LogP contribution < -0.4 is 4.90 Å². The molecule has 0 aromatic heterocycles. The van der Waals surface area contributed by atoms with E-state index in [1.165, 1.54) is 83.2 Å². The van der Waals surface area contributed by atoms with Gasteiger partial charge in [0.1, 0.15) is 0 Å². The van der Waals surface area contributed by atoms with E-state index in [2.05, 4.69) is 209 Å². The van der Waals surface area contributed by atoms with Crippen LogP contribution in [0.3, 0.4) is 0 Å². The fraction of sp³-hybridized carbons (Fsp3) is 0.115. The molecule has 2 aliphatic carbocycles. The third kappa shape index (κ3) is 4.91. The molecule has 0 fully saturated rings. The Morgan fingerprint density at radius 3 is 1.57 bits per heavy atom. The average Bonchev–Trinajstić information content (AvgIpc) is 3.56. The Bertz CT molecular complexity index is 2710. The quantitative estimate of drug-likeness (QED) is 0.175. The van der Waals surface area contributed by atoms with E-state index in [4.69, 9.17) is 0 Å². The minimum atomic E-state index is -0.0941. The number of hydrogen-bond acceptors (Lipinski definition) is 1. The largest absolute Gasteiger partial charge is 0.310 e. The molecule has 0 saturated heterocycles. The van der Waals surface area contributed by atoms with Crippen molar-refractivity contribution in [3.8, 4) is 44.5 Å². The highest BCUT2D eigenvalue weighted by Gasteiger charge is 2.38. The average molecular weight is 680 g/mol. The summed E-state index contributed by atoms with van der Waals surface area (Å²) >= 11 is 0. The smallest absolute Gasteiger partial charge is 0.0468 e. The molecule has 0 N–H and O–H groups in total. The van der Waals surface area contributed by atoms with Gasteiger partial charge in [0, 0.05) is 27.9 Å². The summed E-state index contributed by atoms with van der Waals surface area (Å²) in [4.78, 5) is 2.45. The number of fused-ring (bicyclic) bond motifs is 7. The van der Waals surface area contributed by atoms with Crippen molar-refractivity contribution in [3.63, 3.8) is 0 Å². The number of rotatable bonds is 5. The van der Waals surface area contributed by atoms with Crippen LogP contribution in [0.4, 0.5) is 17.1 Å². The second-order valence-corrected chi connectivity index (χ2v) is 15.8. The van der Waals surface area contributed by atoms with Gasteiger partial charge in [0.05, 0.1) is 0 Å². The number of nitrogens with zero attached hydrogens (tertiary/aromatic N) is 1. The van der Waals surface area contributed by atoms with E-state index in [0.717, 1.165) is 11.4 Å². The highest BCUT2D eigenvalue weighted by Crippen LogP contribution is 2.53. The van der Waals surface area contributed by atoms with Crippen LogP contribution in [-0.4, -0.2) is 0 Å². The van der Waals surface area contributed by atoms with Gasteiger partial charge >= 0.3 is 0 Å². The van der Waals surface area contributed by atoms with Gasteiger partial charge in [0.15, 0.2) is 0 Å². The van der Waals surface area contributed by atoms with E-state index in [1.54, 1.807) is 0 Å². The Morgan fingerprint density at radius 2 is 0.811 bits per heavy atom. The molecule has 0 atom stereocenters. The van der Waals surface area contributed by atoms with Crippen LogP contribution >= 0.6 is 0 Å². The summed E-state index contributed by atoms with van der Waals surface area (Å²) in [7, 11) is 0. The molecule has 0 heterocycles. The molecule has 8 aromatic rings. The van der Waals surface area contributed by atoms with Crippen molar-refractivity contribution in [2.75, 3.05) is 4.90 Å². The lowest BCUT2D eigenvalue weighted by atomic mass is 9.82. The van der Waals surface area contributed by atoms with E-state index in [1.807, 2.05) is 0 Å². The third-order valence-corrected chi connectivity index (χ3v) is 12.0. The zero-order valence-corrected chi connectivity index (χ0v) is 30.7. The molecule has 0 unspecified atom stereocenters. The fourth-order valence-corrected chi connectivity index (χ4v) is 9.15. The van der Waals surface area contributed by atoms with Crippen molar-refractivity contribution in [2.24, 2.45) is 0 Å². The second kappa shape index (κ2) is 11.7. The lowest BCUT2D eigenvalue weighted by molar-refractivity contribution is 0.660. The van der Waals surface area contributed by atoms with Crippen molar-refractivity contribution in [3.05, 3.63) is 198 Å². The standard InChI is InChI=1S/C52H41N/c1-51(2)47-20-11-10-19-43(47)44-27-25-42(33-50(44)51)53(40-23-21-35(22-24-40)37-18-12-17-36(29-37)34-13-6-5-7-14-34)41-26-28-48-46(32-41)45-30-38-15-8-9-16-39(38)31-49(45)52(48,3)4/h5-33H,1-4H3. The molecule has 0 spiro atoms. The van der Waals surface area contributed by atoms with Gasteiger partial charge in [-0.25, -0.2) is 0 Å². The molecule has 254 valence electrons. The van der Waals surface area contributed by atoms with Gasteiger partial charge < -0.3 is 4.90 Å². The Hall–Kier alpha value is -6.18. The number of anilines is 3. The zero-order chi connectivity index (χ0) is 35.9. The summed E-state index contributed by atoms with van der Waals surface area (Å²) in [5, 5.41) is 2.58. The maximum Gasteiger partial charge on any atom is 0.0468 e. The maximum atomic E-state index is 2.45. The molecular weight excluding hydrogens is 639 g/mol. The van der Waals surface area contributed by atoms with E-state index in [9.17, 15) is 0 Å². The second-order valence-electron chi connectivity index (χ2n) is 15.8. The van der Waals surface area contributed by atoms with Crippen LogP contribution in [0.25, 0.3) is 55.3 Å². The SMILES string of the molecule is CC1(C)c2ccccc2-c2ccc(N(c3ccc(-c4cccc(-c5ccccc5)c4)cc3)c3ccc4c(c3)-c3cc5ccccc5cc3C4(C)C)cc21. The van der Waals surface area contributed by atoms with Crippen LogP contribution in [0.15, 0.2) is 176 Å². The van der Waals surface area contributed by atoms with Crippen molar-refractivity contribution < 1.29 is 0 Å². The monoisotopic (exact) mass is 679 g/mol. The zero-order valence-electron chi connectivity index (χ0n) is 30.7. The predicted octanol–water partition coefficient (Wildman–Crippen LogP) is 14.3. The fourth-order valence-electron chi connectivity index (χ4n) is 9.15. The summed E-state index contributed by atoms with van der Waals surface area (Å²) in [5.74, 6) is 0. The molecule has 0 aliphatic heterocycles. The normalized spacial score (nSPS) is 14.3. The van der Waals surface area contributed by atoms with Gasteiger partial charge in [0.25, 0.3) is 0 Å². The first-order valence-corrected chi connectivity index (χ1v) is 18.8. The van der Waals surface area contributed by atoms with Gasteiger partial charge in [0.2, 0.25) is 0 Å². The first-order chi connectivity index (χ1) is 25.8. The van der Waals surface area contributed by atoms with E-state index < -0.39 is 0 Å². The van der Waals surface area contributed by atoms with Gasteiger partial charge in [-0.05, 0) is 132 Å². The van der Waals surface area contributed by atoms with Gasteiger partial charge in [-0.2, -0.15) is 0 Å². The van der Waals surface area contributed by atoms with E-state index in [0.29, 0.717) is 0 Å². The van der Waals surface area contributed by atoms with Crippen molar-refractivity contribution >= 4 is 27.8 Å². The molecule has 53 heavy (non-hydrogen) atoms. The molecule has 10 rings (SSSR count). The summed E-state index contributed by atoms with van der Waals surface area (Å²) in [6, 6.07) is 65.3. The Morgan fingerprint density at radius 1 is 0.302 bits per heavy atom. The Balaban J connectivity index is 1.12. The minimum absolute atomic E-state index is 0.0859. The predicted molar refractivity (Wildman–Crippen MR) is 225 cm³/mol. The first kappa shape index (κ1) is 31.5. The van der Waals surface area contributed by atoms with Crippen molar-refractivity contribution in [2.45, 2.75) is 38.5 Å². The molecule has 0 bridgehead atoms. The van der Waals surface area contributed by atoms with Gasteiger partial charge in [-0.1, -0.05) is 149 Å². The maximum absolute atomic E-state index is 2.45. The Kier molecular flexibility index (Phi) is 6.94. The molecule has 8 aromatic carbocycles. The summed E-state index contributed by atoms with van der Waals surface area (Å²) in [6.45, 7) is 9.47.